The van der Waals surface area contributed by atoms with Crippen molar-refractivity contribution >= 4 is 5.69 Å². The fraction of sp³-hybridized carbons (Fsp3) is 0.538. The molecule has 0 bridgehead atoms. The van der Waals surface area contributed by atoms with Gasteiger partial charge in [-0.15, -0.1) is 0 Å². The van der Waals surface area contributed by atoms with Crippen LogP contribution < -0.4 is 5.32 Å². The van der Waals surface area contributed by atoms with Gasteiger partial charge in [-0.25, -0.2) is 0 Å². The maximum Gasteiger partial charge on any atom is 0.0718 e. The Morgan fingerprint density at radius 3 is 2.75 bits per heavy atom. The van der Waals surface area contributed by atoms with E-state index in [2.05, 4.69) is 37.4 Å². The van der Waals surface area contributed by atoms with Crippen LogP contribution in [0, 0.1) is 0 Å². The minimum absolute atomic E-state index is 0.449. The molecule has 0 aromatic heterocycles. The molecule has 1 rings (SSSR count). The lowest BCUT2D eigenvalue weighted by Crippen LogP contribution is -2.09. The molecule has 0 amide bonds. The fourth-order valence-corrected chi connectivity index (χ4v) is 1.42. The van der Waals surface area contributed by atoms with Crippen molar-refractivity contribution in [2.45, 2.75) is 26.5 Å². The summed E-state index contributed by atoms with van der Waals surface area (Å²) in [4.78, 5) is 0. The van der Waals surface area contributed by atoms with Gasteiger partial charge in [0.2, 0.25) is 0 Å². The van der Waals surface area contributed by atoms with Crippen LogP contribution in [0.15, 0.2) is 24.3 Å². The van der Waals surface area contributed by atoms with Crippen molar-refractivity contribution in [3.8, 4) is 0 Å². The van der Waals surface area contributed by atoms with Gasteiger partial charge < -0.3 is 14.8 Å². The molecule has 3 nitrogen and oxygen atoms in total. The number of ether oxygens (including phenoxy) is 2. The van der Waals surface area contributed by atoms with Gasteiger partial charge in [-0.05, 0) is 31.5 Å². The molecule has 0 aliphatic rings. The van der Waals surface area contributed by atoms with Crippen LogP contribution in [0.2, 0.25) is 0 Å². The highest BCUT2D eigenvalue weighted by atomic mass is 16.5. The molecule has 0 saturated heterocycles. The van der Waals surface area contributed by atoms with E-state index in [4.69, 9.17) is 9.47 Å². The summed E-state index contributed by atoms with van der Waals surface area (Å²) in [6.45, 7) is 6.17. The van der Waals surface area contributed by atoms with Gasteiger partial charge in [-0.1, -0.05) is 12.1 Å². The Labute approximate surface area is 97.8 Å². The number of anilines is 1. The van der Waals surface area contributed by atoms with Crippen LogP contribution in [0.3, 0.4) is 0 Å². The minimum Gasteiger partial charge on any atom is -0.383 e. The lowest BCUT2D eigenvalue weighted by atomic mass is 10.2. The molecule has 1 aromatic carbocycles. The second kappa shape index (κ2) is 7.25. The Hall–Kier alpha value is -1.06. The van der Waals surface area contributed by atoms with Crippen molar-refractivity contribution in [1.82, 2.24) is 0 Å². The summed E-state index contributed by atoms with van der Waals surface area (Å²) in [6.07, 6.45) is 0. The summed E-state index contributed by atoms with van der Waals surface area (Å²) in [5, 5.41) is 3.37. The predicted molar refractivity (Wildman–Crippen MR) is 66.7 cm³/mol. The summed E-state index contributed by atoms with van der Waals surface area (Å²) in [7, 11) is 1.68. The van der Waals surface area contributed by atoms with Gasteiger partial charge in [-0.3, -0.25) is 0 Å². The van der Waals surface area contributed by atoms with Crippen molar-refractivity contribution in [3.05, 3.63) is 29.8 Å². The zero-order valence-electron chi connectivity index (χ0n) is 10.3. The van der Waals surface area contributed by atoms with Gasteiger partial charge in [0.1, 0.15) is 0 Å². The van der Waals surface area contributed by atoms with Crippen molar-refractivity contribution < 1.29 is 9.47 Å². The molecule has 1 N–H and O–H groups in total. The molecule has 0 atom stereocenters. The van der Waals surface area contributed by atoms with Gasteiger partial charge in [0, 0.05) is 18.8 Å². The van der Waals surface area contributed by atoms with Gasteiger partial charge in [-0.2, -0.15) is 0 Å². The summed E-state index contributed by atoms with van der Waals surface area (Å²) in [5.74, 6) is 0. The molecule has 0 aliphatic carbocycles. The molecule has 1 aromatic rings. The molecule has 0 radical (unpaired) electrons. The average Bonchev–Trinajstić information content (AvgIpc) is 2.24. The fourth-order valence-electron chi connectivity index (χ4n) is 1.42. The molecule has 0 fully saturated rings. The van der Waals surface area contributed by atoms with Crippen LogP contribution in [0.25, 0.3) is 0 Å². The third-order valence-electron chi connectivity index (χ3n) is 2.08. The maximum absolute atomic E-state index is 5.47. The monoisotopic (exact) mass is 223 g/mol. The summed E-state index contributed by atoms with van der Waals surface area (Å²) >= 11 is 0. The Morgan fingerprint density at radius 1 is 1.25 bits per heavy atom. The number of hydrogen-bond acceptors (Lipinski definition) is 3. The normalized spacial score (nSPS) is 10.8. The van der Waals surface area contributed by atoms with Crippen LogP contribution in [0.1, 0.15) is 19.4 Å². The molecular weight excluding hydrogens is 202 g/mol. The Balaban J connectivity index is 2.41. The smallest absolute Gasteiger partial charge is 0.0718 e. The Morgan fingerprint density at radius 2 is 2.06 bits per heavy atom. The number of hydrogen-bond donors (Lipinski definition) is 1. The molecular formula is C13H21NO2. The van der Waals surface area contributed by atoms with E-state index in [-0.39, 0.29) is 0 Å². The van der Waals surface area contributed by atoms with Crippen molar-refractivity contribution in [1.29, 1.82) is 0 Å². The Kier molecular flexibility index (Phi) is 5.90. The van der Waals surface area contributed by atoms with Crippen LogP contribution in [0.5, 0.6) is 0 Å². The van der Waals surface area contributed by atoms with Gasteiger partial charge >= 0.3 is 0 Å². The molecule has 90 valence electrons. The standard InChI is InChI=1S/C13H21NO2/c1-11(2)14-13-6-4-5-12(9-13)10-16-8-7-15-3/h4-6,9,11,14H,7-8,10H2,1-3H3. The van der Waals surface area contributed by atoms with Crippen LogP contribution >= 0.6 is 0 Å². The van der Waals surface area contributed by atoms with E-state index in [1.165, 1.54) is 5.56 Å². The first-order chi connectivity index (χ1) is 7.72. The van der Waals surface area contributed by atoms with E-state index < -0.39 is 0 Å². The topological polar surface area (TPSA) is 30.5 Å². The number of nitrogens with one attached hydrogen (secondary N) is 1. The van der Waals surface area contributed by atoms with Gasteiger partial charge in [0.05, 0.1) is 19.8 Å². The number of methoxy groups -OCH3 is 1. The predicted octanol–water partition coefficient (Wildman–Crippen LogP) is 2.67. The second-order valence-electron chi connectivity index (χ2n) is 4.04. The lowest BCUT2D eigenvalue weighted by Gasteiger charge is -2.11. The molecule has 0 heterocycles. The zero-order valence-corrected chi connectivity index (χ0v) is 10.3. The first-order valence-corrected chi connectivity index (χ1v) is 5.64. The molecule has 0 aliphatic heterocycles. The highest BCUT2D eigenvalue weighted by Crippen LogP contribution is 2.12. The molecule has 0 saturated carbocycles. The van der Waals surface area contributed by atoms with E-state index in [0.717, 1.165) is 5.69 Å². The number of rotatable bonds is 7. The van der Waals surface area contributed by atoms with E-state index in [0.29, 0.717) is 25.9 Å². The SMILES string of the molecule is COCCOCc1cccc(NC(C)C)c1. The first-order valence-electron chi connectivity index (χ1n) is 5.64. The van der Waals surface area contributed by atoms with Crippen molar-refractivity contribution in [3.63, 3.8) is 0 Å². The van der Waals surface area contributed by atoms with Crippen LogP contribution in [0.4, 0.5) is 5.69 Å². The van der Waals surface area contributed by atoms with Crippen molar-refractivity contribution in [2.24, 2.45) is 0 Å². The molecule has 3 heteroatoms. The van der Waals surface area contributed by atoms with E-state index in [1.54, 1.807) is 7.11 Å². The van der Waals surface area contributed by atoms with E-state index >= 15 is 0 Å². The third kappa shape index (κ3) is 5.14. The third-order valence-corrected chi connectivity index (χ3v) is 2.08. The second-order valence-corrected chi connectivity index (χ2v) is 4.04. The maximum atomic E-state index is 5.47. The first kappa shape index (κ1) is 13.0. The molecule has 0 unspecified atom stereocenters. The largest absolute Gasteiger partial charge is 0.383 e. The highest BCUT2D eigenvalue weighted by molar-refractivity contribution is 5.46. The van der Waals surface area contributed by atoms with Crippen molar-refractivity contribution in [2.75, 3.05) is 25.6 Å². The van der Waals surface area contributed by atoms with E-state index in [9.17, 15) is 0 Å². The quantitative estimate of drug-likeness (QED) is 0.721. The van der Waals surface area contributed by atoms with Crippen LogP contribution in [-0.4, -0.2) is 26.4 Å². The molecule has 16 heavy (non-hydrogen) atoms. The van der Waals surface area contributed by atoms with Gasteiger partial charge in [0.15, 0.2) is 0 Å². The lowest BCUT2D eigenvalue weighted by molar-refractivity contribution is 0.0617. The average molecular weight is 223 g/mol. The molecule has 0 spiro atoms. The Bertz CT molecular complexity index is 300. The number of benzene rings is 1. The summed E-state index contributed by atoms with van der Waals surface area (Å²) < 4.78 is 10.4. The van der Waals surface area contributed by atoms with E-state index in [1.807, 2.05) is 6.07 Å². The summed E-state index contributed by atoms with van der Waals surface area (Å²) in [5.41, 5.74) is 2.32. The summed E-state index contributed by atoms with van der Waals surface area (Å²) in [6, 6.07) is 8.74. The van der Waals surface area contributed by atoms with Crippen LogP contribution in [-0.2, 0) is 16.1 Å². The highest BCUT2D eigenvalue weighted by Gasteiger charge is 1.98. The zero-order chi connectivity index (χ0) is 11.8. The minimum atomic E-state index is 0.449. The van der Waals surface area contributed by atoms with Gasteiger partial charge in [0.25, 0.3) is 0 Å².